The number of amides is 1. The first-order chi connectivity index (χ1) is 14.3. The van der Waals surface area contributed by atoms with Crippen molar-refractivity contribution in [2.45, 2.75) is 37.6 Å². The van der Waals surface area contributed by atoms with Gasteiger partial charge in [0.1, 0.15) is 0 Å². The quantitative estimate of drug-likeness (QED) is 0.658. The molecule has 1 aromatic heterocycles. The predicted molar refractivity (Wildman–Crippen MR) is 115 cm³/mol. The van der Waals surface area contributed by atoms with E-state index in [0.29, 0.717) is 36.9 Å². The van der Waals surface area contributed by atoms with Gasteiger partial charge in [0.2, 0.25) is 0 Å². The summed E-state index contributed by atoms with van der Waals surface area (Å²) >= 11 is 0. The van der Waals surface area contributed by atoms with Crippen molar-refractivity contribution in [1.82, 2.24) is 4.90 Å². The Bertz CT molecular complexity index is 1150. The Morgan fingerprint density at radius 2 is 1.83 bits per heavy atom. The fraction of sp³-hybridized carbons (Fsp3) is 0.261. The number of hydrogen-bond donors (Lipinski definition) is 1. The van der Waals surface area contributed by atoms with Crippen LogP contribution in [0.25, 0.3) is 0 Å². The van der Waals surface area contributed by atoms with Crippen LogP contribution in [-0.4, -0.2) is 25.8 Å². The van der Waals surface area contributed by atoms with Crippen LogP contribution in [0.5, 0.6) is 0 Å². The molecule has 4 rings (SSSR count). The van der Waals surface area contributed by atoms with E-state index in [1.807, 2.05) is 18.2 Å². The lowest BCUT2D eigenvalue weighted by molar-refractivity contribution is 0.0702. The molecular formula is C23H24N2O4S. The number of carbonyl (C=O) groups is 1. The summed E-state index contributed by atoms with van der Waals surface area (Å²) in [6.45, 7) is 5.14. The molecule has 1 N–H and O–H groups in total. The van der Waals surface area contributed by atoms with Crippen LogP contribution in [0.1, 0.15) is 47.0 Å². The third-order valence-electron chi connectivity index (χ3n) is 5.35. The van der Waals surface area contributed by atoms with Crippen molar-refractivity contribution in [2.24, 2.45) is 0 Å². The van der Waals surface area contributed by atoms with Crippen molar-refractivity contribution < 1.29 is 17.6 Å². The number of rotatable bonds is 5. The van der Waals surface area contributed by atoms with Gasteiger partial charge < -0.3 is 9.32 Å². The molecule has 0 spiro atoms. The van der Waals surface area contributed by atoms with Crippen molar-refractivity contribution in [3.8, 4) is 0 Å². The first-order valence-corrected chi connectivity index (χ1v) is 11.4. The minimum atomic E-state index is -3.69. The van der Waals surface area contributed by atoms with Gasteiger partial charge in [0, 0.05) is 18.8 Å². The van der Waals surface area contributed by atoms with E-state index < -0.39 is 10.0 Å². The molecule has 0 atom stereocenters. The third-order valence-corrected chi connectivity index (χ3v) is 6.74. The Morgan fingerprint density at radius 3 is 2.50 bits per heavy atom. The largest absolute Gasteiger partial charge is 0.459 e. The fourth-order valence-electron chi connectivity index (χ4n) is 3.60. The number of fused-ring (bicyclic) bond motifs is 1. The van der Waals surface area contributed by atoms with Gasteiger partial charge in [0.25, 0.3) is 15.9 Å². The van der Waals surface area contributed by atoms with Crippen LogP contribution in [0.3, 0.4) is 0 Å². The molecule has 6 nitrogen and oxygen atoms in total. The van der Waals surface area contributed by atoms with Gasteiger partial charge in [-0.15, -0.1) is 0 Å². The summed E-state index contributed by atoms with van der Waals surface area (Å²) in [5.74, 6) is 0.476. The molecule has 0 aliphatic carbocycles. The molecule has 0 radical (unpaired) electrons. The zero-order valence-electron chi connectivity index (χ0n) is 17.0. The van der Waals surface area contributed by atoms with Crippen molar-refractivity contribution in [3.05, 3.63) is 83.3 Å². The average molecular weight is 425 g/mol. The molecule has 1 amide bonds. The molecular weight excluding hydrogens is 400 g/mol. The van der Waals surface area contributed by atoms with E-state index in [0.717, 1.165) is 16.7 Å². The maximum atomic E-state index is 12.8. The second-order valence-electron chi connectivity index (χ2n) is 7.77. The molecule has 2 heterocycles. The maximum Gasteiger partial charge on any atom is 0.289 e. The summed E-state index contributed by atoms with van der Waals surface area (Å²) in [5.41, 5.74) is 3.61. The number of nitrogens with one attached hydrogen (secondary N) is 1. The van der Waals surface area contributed by atoms with E-state index >= 15 is 0 Å². The summed E-state index contributed by atoms with van der Waals surface area (Å²) in [7, 11) is -3.69. The van der Waals surface area contributed by atoms with Crippen molar-refractivity contribution in [1.29, 1.82) is 0 Å². The SMILES string of the molecule is CC(C)c1ccc(S(=O)(=O)Nc2ccc3c(c2)CN(C(=O)c2ccco2)CC3)cc1. The molecule has 3 aromatic rings. The van der Waals surface area contributed by atoms with E-state index in [9.17, 15) is 13.2 Å². The Kier molecular flexibility index (Phi) is 5.39. The fourth-order valence-corrected chi connectivity index (χ4v) is 4.65. The van der Waals surface area contributed by atoms with E-state index in [1.54, 1.807) is 41.3 Å². The van der Waals surface area contributed by atoms with Crippen LogP contribution in [0.4, 0.5) is 5.69 Å². The number of carbonyl (C=O) groups excluding carboxylic acids is 1. The van der Waals surface area contributed by atoms with Crippen LogP contribution < -0.4 is 4.72 Å². The lowest BCUT2D eigenvalue weighted by Crippen LogP contribution is -2.35. The summed E-state index contributed by atoms with van der Waals surface area (Å²) < 4.78 is 33.5. The van der Waals surface area contributed by atoms with Gasteiger partial charge in [0.15, 0.2) is 5.76 Å². The summed E-state index contributed by atoms with van der Waals surface area (Å²) in [4.78, 5) is 14.5. The van der Waals surface area contributed by atoms with Crippen LogP contribution in [0.2, 0.25) is 0 Å². The van der Waals surface area contributed by atoms with E-state index in [1.165, 1.54) is 6.26 Å². The molecule has 7 heteroatoms. The number of sulfonamides is 1. The maximum absolute atomic E-state index is 12.8. The van der Waals surface area contributed by atoms with Gasteiger partial charge in [-0.25, -0.2) is 8.42 Å². The summed E-state index contributed by atoms with van der Waals surface area (Å²) in [6, 6.07) is 15.7. The van der Waals surface area contributed by atoms with E-state index in [4.69, 9.17) is 4.42 Å². The highest BCUT2D eigenvalue weighted by Gasteiger charge is 2.24. The smallest absolute Gasteiger partial charge is 0.289 e. The zero-order valence-corrected chi connectivity index (χ0v) is 17.8. The van der Waals surface area contributed by atoms with Crippen molar-refractivity contribution >= 4 is 21.6 Å². The third kappa shape index (κ3) is 4.11. The Balaban J connectivity index is 1.52. The molecule has 1 aliphatic heterocycles. The molecule has 0 unspecified atom stereocenters. The number of hydrogen-bond acceptors (Lipinski definition) is 4. The van der Waals surface area contributed by atoms with Gasteiger partial charge in [0.05, 0.1) is 11.2 Å². The predicted octanol–water partition coefficient (Wildman–Crippen LogP) is 4.40. The average Bonchev–Trinajstić information content (AvgIpc) is 3.27. The highest BCUT2D eigenvalue weighted by molar-refractivity contribution is 7.92. The molecule has 1 aliphatic rings. The van der Waals surface area contributed by atoms with Crippen LogP contribution >= 0.6 is 0 Å². The monoisotopic (exact) mass is 424 g/mol. The number of benzene rings is 2. The second-order valence-corrected chi connectivity index (χ2v) is 9.45. The van der Waals surface area contributed by atoms with Crippen molar-refractivity contribution in [2.75, 3.05) is 11.3 Å². The lowest BCUT2D eigenvalue weighted by Gasteiger charge is -2.28. The van der Waals surface area contributed by atoms with Crippen LogP contribution in [0.15, 0.2) is 70.2 Å². The first kappa shape index (κ1) is 20.2. The molecule has 30 heavy (non-hydrogen) atoms. The van der Waals surface area contributed by atoms with Gasteiger partial charge >= 0.3 is 0 Å². The van der Waals surface area contributed by atoms with Gasteiger partial charge in [-0.1, -0.05) is 32.0 Å². The summed E-state index contributed by atoms with van der Waals surface area (Å²) in [6.07, 6.45) is 2.19. The minimum Gasteiger partial charge on any atom is -0.459 e. The lowest BCUT2D eigenvalue weighted by atomic mass is 9.99. The van der Waals surface area contributed by atoms with E-state index in [2.05, 4.69) is 18.6 Å². The Hall–Kier alpha value is -3.06. The first-order valence-electron chi connectivity index (χ1n) is 9.91. The molecule has 156 valence electrons. The van der Waals surface area contributed by atoms with Crippen LogP contribution in [-0.2, 0) is 23.0 Å². The van der Waals surface area contributed by atoms with Crippen molar-refractivity contribution in [3.63, 3.8) is 0 Å². The second kappa shape index (κ2) is 7.99. The molecule has 0 saturated heterocycles. The molecule has 0 bridgehead atoms. The molecule has 0 saturated carbocycles. The number of furan rings is 1. The zero-order chi connectivity index (χ0) is 21.3. The molecule has 0 fully saturated rings. The number of anilines is 1. The Morgan fingerprint density at radius 1 is 1.07 bits per heavy atom. The highest BCUT2D eigenvalue weighted by atomic mass is 32.2. The summed E-state index contributed by atoms with van der Waals surface area (Å²) in [5, 5.41) is 0. The Labute approximate surface area is 176 Å². The van der Waals surface area contributed by atoms with Gasteiger partial charge in [-0.2, -0.15) is 0 Å². The topological polar surface area (TPSA) is 79.6 Å². The van der Waals surface area contributed by atoms with Crippen LogP contribution in [0, 0.1) is 0 Å². The van der Waals surface area contributed by atoms with Gasteiger partial charge in [-0.3, -0.25) is 9.52 Å². The van der Waals surface area contributed by atoms with Gasteiger partial charge in [-0.05, 0) is 65.4 Å². The standard InChI is InChI=1S/C23H24N2O4S/c1-16(2)17-6-9-21(10-7-17)30(27,28)24-20-8-5-18-11-12-25(15-19(18)14-20)23(26)22-4-3-13-29-22/h3-10,13-14,16,24H,11-12,15H2,1-2H3. The van der Waals surface area contributed by atoms with E-state index in [-0.39, 0.29) is 10.8 Å². The minimum absolute atomic E-state index is 0.165. The normalized spacial score (nSPS) is 13.9. The highest BCUT2D eigenvalue weighted by Crippen LogP contribution is 2.26. The molecule has 2 aromatic carbocycles. The number of nitrogens with zero attached hydrogens (tertiary/aromatic N) is 1.